The first-order valence-electron chi connectivity index (χ1n) is 8.06. The Balaban J connectivity index is 1.89. The average Bonchev–Trinajstić information content (AvgIpc) is 2.91. The van der Waals surface area contributed by atoms with E-state index in [-0.39, 0.29) is 10.8 Å². The van der Waals surface area contributed by atoms with E-state index in [0.29, 0.717) is 0 Å². The highest BCUT2D eigenvalue weighted by molar-refractivity contribution is 5.82. The molecule has 0 heteroatoms. The van der Waals surface area contributed by atoms with Crippen molar-refractivity contribution < 1.29 is 0 Å². The summed E-state index contributed by atoms with van der Waals surface area (Å²) in [5, 5.41) is 0. The van der Waals surface area contributed by atoms with Crippen LogP contribution in [0.1, 0.15) is 49.9 Å². The topological polar surface area (TPSA) is 0 Å². The summed E-state index contributed by atoms with van der Waals surface area (Å²) in [6, 6.07) is 17.6. The number of hydrogen-bond acceptors (Lipinski definition) is 0. The number of hydrogen-bond donors (Lipinski definition) is 0. The fraction of sp³-hybridized carbons (Fsp3) is 0.273. The molecule has 2 aromatic rings. The van der Waals surface area contributed by atoms with Crippen LogP contribution in [0.15, 0.2) is 59.7 Å². The number of benzene rings is 2. The van der Waals surface area contributed by atoms with E-state index in [1.54, 1.807) is 0 Å². The third-order valence-electron chi connectivity index (χ3n) is 5.50. The molecule has 0 radical (unpaired) electrons. The largest absolute Gasteiger partial charge is 0.0619 e. The van der Waals surface area contributed by atoms with Crippen LogP contribution in [0.4, 0.5) is 0 Å². The van der Waals surface area contributed by atoms with Gasteiger partial charge >= 0.3 is 0 Å². The van der Waals surface area contributed by atoms with Crippen LogP contribution in [0.2, 0.25) is 0 Å². The molecule has 110 valence electrons. The standard InChI is InChI=1S/C22H22/c1-21(2)17-11-7-5-9-15(17)13-19(21)20-14-16-10-6-8-12-18(16)22(20,3)4/h5-14H,1-4H3. The predicted molar refractivity (Wildman–Crippen MR) is 94.9 cm³/mol. The van der Waals surface area contributed by atoms with E-state index in [1.165, 1.54) is 33.4 Å². The minimum Gasteiger partial charge on any atom is -0.0619 e. The van der Waals surface area contributed by atoms with Gasteiger partial charge in [0, 0.05) is 10.8 Å². The molecule has 0 amide bonds. The van der Waals surface area contributed by atoms with Crippen molar-refractivity contribution in [1.29, 1.82) is 0 Å². The molecule has 2 aromatic carbocycles. The quantitative estimate of drug-likeness (QED) is 0.627. The molecule has 0 bridgehead atoms. The summed E-state index contributed by atoms with van der Waals surface area (Å²) >= 11 is 0. The molecule has 0 saturated heterocycles. The molecule has 0 atom stereocenters. The van der Waals surface area contributed by atoms with E-state index in [4.69, 9.17) is 0 Å². The van der Waals surface area contributed by atoms with Crippen LogP contribution in [0.5, 0.6) is 0 Å². The van der Waals surface area contributed by atoms with E-state index in [0.717, 1.165) is 0 Å². The second-order valence-corrected chi connectivity index (χ2v) is 7.54. The number of fused-ring (bicyclic) bond motifs is 2. The molecule has 2 aliphatic rings. The van der Waals surface area contributed by atoms with Gasteiger partial charge in [-0.1, -0.05) is 88.4 Å². The minimum absolute atomic E-state index is 0.0712. The van der Waals surface area contributed by atoms with Crippen molar-refractivity contribution in [3.05, 3.63) is 81.9 Å². The Morgan fingerprint density at radius 3 is 1.27 bits per heavy atom. The SMILES string of the molecule is CC1(C)C(C2=Cc3ccccc3C2(C)C)=Cc2ccccc21. The molecule has 2 aliphatic carbocycles. The first-order chi connectivity index (χ1) is 10.4. The van der Waals surface area contributed by atoms with Crippen LogP contribution in [0.3, 0.4) is 0 Å². The second kappa shape index (κ2) is 4.23. The van der Waals surface area contributed by atoms with Crippen molar-refractivity contribution >= 4 is 12.2 Å². The van der Waals surface area contributed by atoms with Gasteiger partial charge in [-0.05, 0) is 33.4 Å². The second-order valence-electron chi connectivity index (χ2n) is 7.54. The molecule has 0 N–H and O–H groups in total. The van der Waals surface area contributed by atoms with Crippen molar-refractivity contribution in [3.63, 3.8) is 0 Å². The lowest BCUT2D eigenvalue weighted by Crippen LogP contribution is -2.26. The summed E-state index contributed by atoms with van der Waals surface area (Å²) in [6.07, 6.45) is 4.80. The van der Waals surface area contributed by atoms with Gasteiger partial charge in [0.25, 0.3) is 0 Å². The fourth-order valence-corrected chi connectivity index (χ4v) is 4.17. The monoisotopic (exact) mass is 286 g/mol. The molecule has 0 aromatic heterocycles. The van der Waals surface area contributed by atoms with Crippen LogP contribution >= 0.6 is 0 Å². The van der Waals surface area contributed by atoms with Crippen molar-refractivity contribution in [1.82, 2.24) is 0 Å². The van der Waals surface area contributed by atoms with Crippen molar-refractivity contribution in [2.24, 2.45) is 0 Å². The lowest BCUT2D eigenvalue weighted by atomic mass is 9.70. The summed E-state index contributed by atoms with van der Waals surface area (Å²) < 4.78 is 0. The molecular formula is C22H22. The van der Waals surface area contributed by atoms with Crippen LogP contribution in [-0.4, -0.2) is 0 Å². The van der Waals surface area contributed by atoms with Crippen LogP contribution in [0.25, 0.3) is 12.2 Å². The molecule has 22 heavy (non-hydrogen) atoms. The highest BCUT2D eigenvalue weighted by atomic mass is 14.4. The van der Waals surface area contributed by atoms with Crippen LogP contribution in [0, 0.1) is 0 Å². The maximum Gasteiger partial charge on any atom is 0.0155 e. The van der Waals surface area contributed by atoms with Gasteiger partial charge in [0.2, 0.25) is 0 Å². The first kappa shape index (κ1) is 13.6. The summed E-state index contributed by atoms with van der Waals surface area (Å²) in [5.74, 6) is 0. The molecule has 0 heterocycles. The summed E-state index contributed by atoms with van der Waals surface area (Å²) in [6.45, 7) is 9.41. The summed E-state index contributed by atoms with van der Waals surface area (Å²) in [5.41, 5.74) is 8.70. The highest BCUT2D eigenvalue weighted by Crippen LogP contribution is 2.53. The van der Waals surface area contributed by atoms with E-state index in [1.807, 2.05) is 0 Å². The highest BCUT2D eigenvalue weighted by Gasteiger charge is 2.42. The van der Waals surface area contributed by atoms with Gasteiger partial charge in [-0.2, -0.15) is 0 Å². The third-order valence-corrected chi connectivity index (χ3v) is 5.50. The van der Waals surface area contributed by atoms with Gasteiger partial charge in [-0.25, -0.2) is 0 Å². The molecule has 4 rings (SSSR count). The van der Waals surface area contributed by atoms with Gasteiger partial charge in [-0.15, -0.1) is 0 Å². The fourth-order valence-electron chi connectivity index (χ4n) is 4.17. The number of allylic oxidation sites excluding steroid dienone is 2. The predicted octanol–water partition coefficient (Wildman–Crippen LogP) is 5.74. The van der Waals surface area contributed by atoms with Crippen LogP contribution < -0.4 is 0 Å². The third kappa shape index (κ3) is 1.64. The van der Waals surface area contributed by atoms with Crippen molar-refractivity contribution in [3.8, 4) is 0 Å². The van der Waals surface area contributed by atoms with Gasteiger partial charge < -0.3 is 0 Å². The number of rotatable bonds is 1. The van der Waals surface area contributed by atoms with Crippen molar-refractivity contribution in [2.75, 3.05) is 0 Å². The Bertz CT molecular complexity index is 757. The zero-order chi connectivity index (χ0) is 15.5. The van der Waals surface area contributed by atoms with Gasteiger partial charge in [-0.3, -0.25) is 0 Å². The van der Waals surface area contributed by atoms with Gasteiger partial charge in [0.1, 0.15) is 0 Å². The lowest BCUT2D eigenvalue weighted by molar-refractivity contribution is 0.584. The molecule has 0 unspecified atom stereocenters. The minimum atomic E-state index is 0.0712. The summed E-state index contributed by atoms with van der Waals surface area (Å²) in [7, 11) is 0. The average molecular weight is 286 g/mol. The van der Waals surface area contributed by atoms with Crippen molar-refractivity contribution in [2.45, 2.75) is 38.5 Å². The van der Waals surface area contributed by atoms with Crippen LogP contribution in [-0.2, 0) is 10.8 Å². The summed E-state index contributed by atoms with van der Waals surface area (Å²) in [4.78, 5) is 0. The Labute approximate surface area is 133 Å². The molecule has 0 nitrogen and oxygen atoms in total. The van der Waals surface area contributed by atoms with E-state index in [2.05, 4.69) is 88.4 Å². The first-order valence-corrected chi connectivity index (χ1v) is 8.06. The molecule has 0 fully saturated rings. The van der Waals surface area contributed by atoms with Gasteiger partial charge in [0.05, 0.1) is 0 Å². The van der Waals surface area contributed by atoms with E-state index < -0.39 is 0 Å². The van der Waals surface area contributed by atoms with E-state index >= 15 is 0 Å². The normalized spacial score (nSPS) is 20.2. The maximum absolute atomic E-state index is 2.40. The lowest BCUT2D eigenvalue weighted by Gasteiger charge is -2.33. The zero-order valence-corrected chi connectivity index (χ0v) is 13.8. The van der Waals surface area contributed by atoms with Gasteiger partial charge in [0.15, 0.2) is 0 Å². The Hall–Kier alpha value is -2.08. The smallest absolute Gasteiger partial charge is 0.0155 e. The Morgan fingerprint density at radius 2 is 0.909 bits per heavy atom. The molecule has 0 aliphatic heterocycles. The maximum atomic E-state index is 2.40. The molecule has 0 saturated carbocycles. The Kier molecular flexibility index (Phi) is 2.61. The van der Waals surface area contributed by atoms with E-state index in [9.17, 15) is 0 Å². The zero-order valence-electron chi connectivity index (χ0n) is 13.8. The molecule has 0 spiro atoms. The molecular weight excluding hydrogens is 264 g/mol. The Morgan fingerprint density at radius 1 is 0.545 bits per heavy atom.